The van der Waals surface area contributed by atoms with Gasteiger partial charge in [0.25, 0.3) is 0 Å². The molecule has 0 aromatic rings. The summed E-state index contributed by atoms with van der Waals surface area (Å²) in [5.74, 6) is 0. The molecule has 0 saturated carbocycles. The standard InChI is InChI=1S/C6H9NO4/c8-2-6-10-3-5(11-6)1-7-4-9/h5-6,8H,1-3H2. The predicted molar refractivity (Wildman–Crippen MR) is 34.7 cm³/mol. The Morgan fingerprint density at radius 2 is 2.55 bits per heavy atom. The zero-order valence-electron chi connectivity index (χ0n) is 5.90. The third-order valence-corrected chi connectivity index (χ3v) is 1.32. The number of aliphatic imine (C=N–C) groups is 1. The lowest BCUT2D eigenvalue weighted by Gasteiger charge is -2.04. The Hall–Kier alpha value is -0.740. The first-order valence-corrected chi connectivity index (χ1v) is 3.28. The number of rotatable bonds is 3. The summed E-state index contributed by atoms with van der Waals surface area (Å²) in [6, 6.07) is 0. The number of isocyanates is 1. The van der Waals surface area contributed by atoms with Crippen molar-refractivity contribution in [3.8, 4) is 0 Å². The highest BCUT2D eigenvalue weighted by Gasteiger charge is 2.24. The first-order valence-electron chi connectivity index (χ1n) is 3.28. The van der Waals surface area contributed by atoms with Crippen molar-refractivity contribution in [1.29, 1.82) is 0 Å². The zero-order chi connectivity index (χ0) is 8.10. The van der Waals surface area contributed by atoms with Crippen LogP contribution in [0.15, 0.2) is 4.99 Å². The van der Waals surface area contributed by atoms with E-state index >= 15 is 0 Å². The average molecular weight is 159 g/mol. The van der Waals surface area contributed by atoms with Crippen molar-refractivity contribution in [2.45, 2.75) is 12.4 Å². The normalized spacial score (nSPS) is 29.9. The van der Waals surface area contributed by atoms with E-state index in [0.717, 1.165) is 0 Å². The number of aliphatic hydroxyl groups is 1. The second-order valence-corrected chi connectivity index (χ2v) is 2.14. The molecule has 0 aliphatic carbocycles. The molecular formula is C6H9NO4. The molecule has 1 N–H and O–H groups in total. The highest BCUT2D eigenvalue weighted by molar-refractivity contribution is 5.32. The van der Waals surface area contributed by atoms with Crippen LogP contribution in [0.3, 0.4) is 0 Å². The van der Waals surface area contributed by atoms with Gasteiger partial charge in [-0.2, -0.15) is 0 Å². The van der Waals surface area contributed by atoms with Gasteiger partial charge in [-0.15, -0.1) is 0 Å². The van der Waals surface area contributed by atoms with E-state index in [9.17, 15) is 4.79 Å². The summed E-state index contributed by atoms with van der Waals surface area (Å²) in [6.07, 6.45) is 0.636. The average Bonchev–Trinajstić information content (AvgIpc) is 2.48. The molecule has 5 nitrogen and oxygen atoms in total. The largest absolute Gasteiger partial charge is 0.391 e. The molecule has 5 heteroatoms. The maximum absolute atomic E-state index is 9.68. The van der Waals surface area contributed by atoms with Crippen molar-refractivity contribution >= 4 is 6.08 Å². The van der Waals surface area contributed by atoms with Gasteiger partial charge >= 0.3 is 0 Å². The molecule has 0 amide bonds. The monoisotopic (exact) mass is 159 g/mol. The second-order valence-electron chi connectivity index (χ2n) is 2.14. The van der Waals surface area contributed by atoms with Gasteiger partial charge in [0.1, 0.15) is 6.10 Å². The molecule has 1 aliphatic heterocycles. The minimum absolute atomic E-state index is 0.165. The van der Waals surface area contributed by atoms with Crippen LogP contribution in [0.5, 0.6) is 0 Å². The number of ether oxygens (including phenoxy) is 2. The van der Waals surface area contributed by atoms with Gasteiger partial charge in [0.05, 0.1) is 19.8 Å². The minimum Gasteiger partial charge on any atom is -0.391 e. The Bertz CT molecular complexity index is 166. The summed E-state index contributed by atoms with van der Waals surface area (Å²) in [5, 5.41) is 8.55. The van der Waals surface area contributed by atoms with E-state index < -0.39 is 6.29 Å². The van der Waals surface area contributed by atoms with E-state index in [0.29, 0.717) is 6.61 Å². The van der Waals surface area contributed by atoms with Crippen molar-refractivity contribution in [1.82, 2.24) is 0 Å². The van der Waals surface area contributed by atoms with Crippen molar-refractivity contribution in [2.75, 3.05) is 19.8 Å². The number of nitrogens with zero attached hydrogens (tertiary/aromatic N) is 1. The van der Waals surface area contributed by atoms with Crippen LogP contribution >= 0.6 is 0 Å². The molecule has 1 rings (SSSR count). The van der Waals surface area contributed by atoms with Gasteiger partial charge in [-0.1, -0.05) is 0 Å². The van der Waals surface area contributed by atoms with Crippen LogP contribution in [-0.2, 0) is 14.3 Å². The van der Waals surface area contributed by atoms with E-state index in [2.05, 4.69) is 4.99 Å². The van der Waals surface area contributed by atoms with Gasteiger partial charge in [0.15, 0.2) is 6.29 Å². The Morgan fingerprint density at radius 1 is 1.73 bits per heavy atom. The lowest BCUT2D eigenvalue weighted by molar-refractivity contribution is -0.0862. The fourth-order valence-electron chi connectivity index (χ4n) is 0.838. The van der Waals surface area contributed by atoms with E-state index in [1.807, 2.05) is 0 Å². The summed E-state index contributed by atoms with van der Waals surface area (Å²) >= 11 is 0. The van der Waals surface area contributed by atoms with Crippen molar-refractivity contribution < 1.29 is 19.4 Å². The van der Waals surface area contributed by atoms with Crippen LogP contribution in [0.1, 0.15) is 0 Å². The van der Waals surface area contributed by atoms with Gasteiger partial charge in [0, 0.05) is 0 Å². The van der Waals surface area contributed by atoms with Gasteiger partial charge in [0.2, 0.25) is 6.08 Å². The van der Waals surface area contributed by atoms with E-state index in [-0.39, 0.29) is 19.3 Å². The van der Waals surface area contributed by atoms with E-state index in [4.69, 9.17) is 14.6 Å². The topological polar surface area (TPSA) is 68.1 Å². The molecule has 2 atom stereocenters. The molecule has 0 radical (unpaired) electrons. The second kappa shape index (κ2) is 4.20. The Kier molecular flexibility index (Phi) is 3.19. The third-order valence-electron chi connectivity index (χ3n) is 1.32. The highest BCUT2D eigenvalue weighted by Crippen LogP contribution is 2.10. The van der Waals surface area contributed by atoms with Crippen LogP contribution in [0.25, 0.3) is 0 Å². The Morgan fingerprint density at radius 3 is 3.09 bits per heavy atom. The van der Waals surface area contributed by atoms with Gasteiger partial charge in [-0.3, -0.25) is 0 Å². The molecule has 1 aliphatic rings. The molecule has 0 aromatic carbocycles. The van der Waals surface area contributed by atoms with Gasteiger partial charge in [-0.25, -0.2) is 9.79 Å². The van der Waals surface area contributed by atoms with Crippen LogP contribution < -0.4 is 0 Å². The molecule has 1 fully saturated rings. The molecule has 62 valence electrons. The van der Waals surface area contributed by atoms with Crippen molar-refractivity contribution in [2.24, 2.45) is 4.99 Å². The predicted octanol–water partition coefficient (Wildman–Crippen LogP) is -0.944. The van der Waals surface area contributed by atoms with Gasteiger partial charge in [-0.05, 0) is 0 Å². The van der Waals surface area contributed by atoms with Crippen molar-refractivity contribution in [3.63, 3.8) is 0 Å². The molecule has 11 heavy (non-hydrogen) atoms. The summed E-state index contributed by atoms with van der Waals surface area (Å²) in [7, 11) is 0. The quantitative estimate of drug-likeness (QED) is 0.426. The number of hydrogen-bond acceptors (Lipinski definition) is 5. The lowest BCUT2D eigenvalue weighted by Crippen LogP contribution is -2.17. The van der Waals surface area contributed by atoms with Crippen molar-refractivity contribution in [3.05, 3.63) is 0 Å². The lowest BCUT2D eigenvalue weighted by atomic mass is 10.4. The Labute approximate surface area is 63.6 Å². The zero-order valence-corrected chi connectivity index (χ0v) is 5.90. The maximum atomic E-state index is 9.68. The van der Waals surface area contributed by atoms with Crippen LogP contribution in [-0.4, -0.2) is 43.3 Å². The summed E-state index contributed by atoms with van der Waals surface area (Å²) in [4.78, 5) is 13.0. The first-order chi connectivity index (χ1) is 5.36. The summed E-state index contributed by atoms with van der Waals surface area (Å²) in [5.41, 5.74) is 0. The van der Waals surface area contributed by atoms with Crippen LogP contribution in [0.2, 0.25) is 0 Å². The Balaban J connectivity index is 2.24. The summed E-state index contributed by atoms with van der Waals surface area (Å²) in [6.45, 7) is 0.456. The number of hydrogen-bond donors (Lipinski definition) is 1. The fourth-order valence-corrected chi connectivity index (χ4v) is 0.838. The molecule has 0 bridgehead atoms. The van der Waals surface area contributed by atoms with E-state index in [1.165, 1.54) is 6.08 Å². The molecule has 1 saturated heterocycles. The first kappa shape index (κ1) is 8.36. The minimum atomic E-state index is -0.554. The number of carbonyl (C=O) groups excluding carboxylic acids is 1. The highest BCUT2D eigenvalue weighted by atomic mass is 16.7. The van der Waals surface area contributed by atoms with Crippen LogP contribution in [0, 0.1) is 0 Å². The molecular weight excluding hydrogens is 150 g/mol. The summed E-state index contributed by atoms with van der Waals surface area (Å²) < 4.78 is 10.0. The van der Waals surface area contributed by atoms with Gasteiger partial charge < -0.3 is 14.6 Å². The molecule has 1 heterocycles. The van der Waals surface area contributed by atoms with Crippen LogP contribution in [0.4, 0.5) is 0 Å². The smallest absolute Gasteiger partial charge is 0.235 e. The molecule has 2 unspecified atom stereocenters. The van der Waals surface area contributed by atoms with E-state index in [1.54, 1.807) is 0 Å². The fraction of sp³-hybridized carbons (Fsp3) is 0.833. The molecule has 0 aromatic heterocycles. The third kappa shape index (κ3) is 2.40. The number of aliphatic hydroxyl groups excluding tert-OH is 1. The molecule has 0 spiro atoms. The maximum Gasteiger partial charge on any atom is 0.235 e. The SMILES string of the molecule is O=C=NCC1COC(CO)O1.